The lowest BCUT2D eigenvalue weighted by atomic mass is 9.84. The molecule has 1 N–H and O–H groups in total. The molecule has 1 saturated heterocycles. The molecule has 4 rings (SSSR count). The first-order chi connectivity index (χ1) is 20.0. The Hall–Kier alpha value is -3.67. The van der Waals surface area contributed by atoms with Crippen LogP contribution in [0.3, 0.4) is 0 Å². The van der Waals surface area contributed by atoms with E-state index < -0.39 is 41.1 Å². The third-order valence-corrected chi connectivity index (χ3v) is 7.99. The van der Waals surface area contributed by atoms with E-state index in [2.05, 4.69) is 10.2 Å². The van der Waals surface area contributed by atoms with Crippen LogP contribution in [0.1, 0.15) is 70.8 Å². The molecule has 5 nitrogen and oxygen atoms in total. The molecule has 3 atom stereocenters. The van der Waals surface area contributed by atoms with Crippen molar-refractivity contribution in [3.63, 3.8) is 0 Å². The number of aryl methyl sites for hydroxylation is 2. The lowest BCUT2D eigenvalue weighted by Crippen LogP contribution is -2.43. The Balaban J connectivity index is 1.51. The van der Waals surface area contributed by atoms with Crippen LogP contribution in [0.2, 0.25) is 0 Å². The molecule has 43 heavy (non-hydrogen) atoms. The quantitative estimate of drug-likeness (QED) is 0.178. The van der Waals surface area contributed by atoms with Gasteiger partial charge in [-0.3, -0.25) is 9.69 Å². The van der Waals surface area contributed by atoms with Crippen molar-refractivity contribution in [2.45, 2.75) is 64.5 Å². The van der Waals surface area contributed by atoms with Crippen LogP contribution in [0.15, 0.2) is 54.7 Å². The van der Waals surface area contributed by atoms with E-state index >= 15 is 0 Å². The number of alkyl halides is 6. The lowest BCUT2D eigenvalue weighted by molar-refractivity contribution is -0.612. The average molecular weight is 612 g/mol. The number of piperidine rings is 1. The van der Waals surface area contributed by atoms with Crippen molar-refractivity contribution in [3.8, 4) is 0 Å². The van der Waals surface area contributed by atoms with Crippen molar-refractivity contribution in [1.82, 2.24) is 10.2 Å². The minimum atomic E-state index is -4.97. The fourth-order valence-electron chi connectivity index (χ4n) is 5.48. The first kappa shape index (κ1) is 32.2. The molecule has 0 saturated carbocycles. The summed E-state index contributed by atoms with van der Waals surface area (Å²) in [4.78, 5) is 15.4. The number of rotatable bonds is 7. The number of likely N-dealkylation sites (tertiary alicyclic amines) is 1. The highest BCUT2D eigenvalue weighted by Crippen LogP contribution is 2.39. The van der Waals surface area contributed by atoms with E-state index in [0.29, 0.717) is 49.3 Å². The Labute approximate surface area is 244 Å². The number of benzene rings is 2. The van der Waals surface area contributed by atoms with Gasteiger partial charge < -0.3 is 10.5 Å². The summed E-state index contributed by atoms with van der Waals surface area (Å²) in [6.07, 6.45) is -7.66. The smallest absolute Gasteiger partial charge is 0.416 e. The maximum absolute atomic E-state index is 13.9. The molecule has 1 aliphatic rings. The van der Waals surface area contributed by atoms with Gasteiger partial charge in [0.1, 0.15) is 5.82 Å². The standard InChI is InChI=1S/C31H32F7N3O2/c1-18-10-26(32)6-7-27(18)28-13-22(8-9-40(28)16-21-5-4-20(3)41(43)17-21)29(42)39-15-19(2)23-11-24(30(33,34)35)14-25(12-23)31(36,37)38/h4-7,10-12,14,17,19,22,28H,8-9,13,15-16H2,1-3H3,(H,39,42)/t19-,22-,28?/m0/s1. The fraction of sp³-hybridized carbons (Fsp3) is 0.419. The van der Waals surface area contributed by atoms with Gasteiger partial charge in [0.05, 0.1) is 11.1 Å². The van der Waals surface area contributed by atoms with Crippen LogP contribution in [0.4, 0.5) is 30.7 Å². The SMILES string of the molecule is Cc1cc(F)ccc1C1C[C@@H](C(=O)NC[C@H](C)c2cc(C(F)(F)F)cc(C(F)(F)F)c2)CCN1Cc1ccc(C)[n+]([O-])c1. The maximum atomic E-state index is 13.9. The maximum Gasteiger partial charge on any atom is 0.416 e. The highest BCUT2D eigenvalue weighted by atomic mass is 19.4. The highest BCUT2D eigenvalue weighted by Gasteiger charge is 2.38. The summed E-state index contributed by atoms with van der Waals surface area (Å²) in [5.41, 5.74) is -0.185. The van der Waals surface area contributed by atoms with Crippen LogP contribution < -0.4 is 10.0 Å². The second-order valence-electron chi connectivity index (χ2n) is 11.2. The summed E-state index contributed by atoms with van der Waals surface area (Å²) in [6.45, 7) is 5.62. The molecule has 0 radical (unpaired) electrons. The summed E-state index contributed by atoms with van der Waals surface area (Å²) in [5, 5.41) is 14.8. The molecule has 12 heteroatoms. The van der Waals surface area contributed by atoms with E-state index in [0.717, 1.165) is 15.9 Å². The van der Waals surface area contributed by atoms with Crippen molar-refractivity contribution in [2.75, 3.05) is 13.1 Å². The van der Waals surface area contributed by atoms with Crippen LogP contribution in [-0.2, 0) is 23.7 Å². The van der Waals surface area contributed by atoms with Gasteiger partial charge >= 0.3 is 12.4 Å². The highest BCUT2D eigenvalue weighted by molar-refractivity contribution is 5.79. The molecule has 2 heterocycles. The predicted octanol–water partition coefficient (Wildman–Crippen LogP) is 6.99. The Morgan fingerprint density at radius 3 is 2.26 bits per heavy atom. The molecule has 1 unspecified atom stereocenters. The molecule has 2 aromatic carbocycles. The van der Waals surface area contributed by atoms with Gasteiger partial charge in [0.25, 0.3) is 0 Å². The van der Waals surface area contributed by atoms with Crippen molar-refractivity contribution in [1.29, 1.82) is 0 Å². The molecule has 1 aromatic heterocycles. The Bertz CT molecular complexity index is 1440. The number of nitrogens with one attached hydrogen (secondary N) is 1. The molecule has 1 fully saturated rings. The molecular formula is C31H32F7N3O2. The number of aromatic nitrogens is 1. The summed E-state index contributed by atoms with van der Waals surface area (Å²) in [7, 11) is 0. The van der Waals surface area contributed by atoms with Gasteiger partial charge in [0.15, 0.2) is 11.9 Å². The third-order valence-electron chi connectivity index (χ3n) is 7.99. The number of amides is 1. The van der Waals surface area contributed by atoms with Gasteiger partial charge in [0.2, 0.25) is 5.91 Å². The first-order valence-electron chi connectivity index (χ1n) is 13.8. The van der Waals surface area contributed by atoms with E-state index in [-0.39, 0.29) is 30.1 Å². The van der Waals surface area contributed by atoms with E-state index in [1.54, 1.807) is 26.0 Å². The number of hydrogen-bond acceptors (Lipinski definition) is 3. The van der Waals surface area contributed by atoms with Crippen molar-refractivity contribution in [2.24, 2.45) is 5.92 Å². The van der Waals surface area contributed by atoms with E-state index in [9.17, 15) is 40.7 Å². The van der Waals surface area contributed by atoms with Gasteiger partial charge in [-0.1, -0.05) is 13.0 Å². The number of pyridine rings is 1. The number of hydrogen-bond donors (Lipinski definition) is 1. The van der Waals surface area contributed by atoms with Crippen LogP contribution in [0.25, 0.3) is 0 Å². The van der Waals surface area contributed by atoms with Gasteiger partial charge in [0, 0.05) is 43.6 Å². The monoisotopic (exact) mass is 611 g/mol. The predicted molar refractivity (Wildman–Crippen MR) is 145 cm³/mol. The van der Waals surface area contributed by atoms with Crippen LogP contribution in [-0.4, -0.2) is 23.9 Å². The topological polar surface area (TPSA) is 59.3 Å². The molecule has 3 aromatic rings. The first-order valence-corrected chi connectivity index (χ1v) is 13.8. The summed E-state index contributed by atoms with van der Waals surface area (Å²) < 4.78 is 94.5. The summed E-state index contributed by atoms with van der Waals surface area (Å²) in [5.74, 6) is -2.11. The number of nitrogens with zero attached hydrogens (tertiary/aromatic N) is 2. The van der Waals surface area contributed by atoms with Crippen molar-refractivity contribution < 1.29 is 40.3 Å². The van der Waals surface area contributed by atoms with Crippen molar-refractivity contribution >= 4 is 5.91 Å². The van der Waals surface area contributed by atoms with E-state index in [1.807, 2.05) is 6.07 Å². The van der Waals surface area contributed by atoms with Crippen LogP contribution >= 0.6 is 0 Å². The fourth-order valence-corrected chi connectivity index (χ4v) is 5.48. The van der Waals surface area contributed by atoms with E-state index in [1.165, 1.54) is 25.3 Å². The molecule has 1 amide bonds. The normalized spacial score (nSPS) is 18.8. The zero-order chi connectivity index (χ0) is 31.7. The Morgan fingerprint density at radius 2 is 1.67 bits per heavy atom. The third kappa shape index (κ3) is 7.84. The summed E-state index contributed by atoms with van der Waals surface area (Å²) in [6, 6.07) is 9.09. The van der Waals surface area contributed by atoms with Crippen LogP contribution in [0, 0.1) is 30.8 Å². The zero-order valence-corrected chi connectivity index (χ0v) is 23.8. The molecule has 0 bridgehead atoms. The lowest BCUT2D eigenvalue weighted by Gasteiger charge is -2.40. The van der Waals surface area contributed by atoms with Crippen molar-refractivity contribution in [3.05, 3.63) is 105 Å². The van der Waals surface area contributed by atoms with Crippen LogP contribution in [0.5, 0.6) is 0 Å². The van der Waals surface area contributed by atoms with Gasteiger partial charge in [-0.2, -0.15) is 31.1 Å². The molecule has 1 aliphatic heterocycles. The van der Waals surface area contributed by atoms with Gasteiger partial charge in [-0.05, 0) is 85.3 Å². The average Bonchev–Trinajstić information content (AvgIpc) is 2.92. The second kappa shape index (κ2) is 12.5. The van der Waals surface area contributed by atoms with Gasteiger partial charge in [-0.25, -0.2) is 4.39 Å². The summed E-state index contributed by atoms with van der Waals surface area (Å²) >= 11 is 0. The largest absolute Gasteiger partial charge is 0.619 e. The number of carbonyl (C=O) groups is 1. The number of halogens is 7. The molecule has 0 spiro atoms. The van der Waals surface area contributed by atoms with Gasteiger partial charge in [-0.15, -0.1) is 0 Å². The molecule has 0 aliphatic carbocycles. The molecular weight excluding hydrogens is 579 g/mol. The molecule has 232 valence electrons. The van der Waals surface area contributed by atoms with E-state index in [4.69, 9.17) is 0 Å². The Morgan fingerprint density at radius 1 is 1.02 bits per heavy atom. The Kier molecular flexibility index (Phi) is 9.39. The second-order valence-corrected chi connectivity index (χ2v) is 11.2. The minimum absolute atomic E-state index is 0.0767. The number of carbonyl (C=O) groups excluding carboxylic acids is 1. The minimum Gasteiger partial charge on any atom is -0.619 e. The zero-order valence-electron chi connectivity index (χ0n) is 23.8.